The van der Waals surface area contributed by atoms with Crippen molar-refractivity contribution in [1.29, 1.82) is 0 Å². The summed E-state index contributed by atoms with van der Waals surface area (Å²) in [6.07, 6.45) is 6.07. The molecule has 1 aromatic rings. The molecule has 21 heavy (non-hydrogen) atoms. The van der Waals surface area contributed by atoms with Gasteiger partial charge in [-0.3, -0.25) is 0 Å². The summed E-state index contributed by atoms with van der Waals surface area (Å²) in [5, 5.41) is 3.05. The van der Waals surface area contributed by atoms with E-state index in [0.717, 1.165) is 12.8 Å². The smallest absolute Gasteiger partial charge is 0.242 e. The van der Waals surface area contributed by atoms with Crippen molar-refractivity contribution >= 4 is 27.4 Å². The molecular formula is C13H20ClN3O3S. The van der Waals surface area contributed by atoms with Crippen LogP contribution in [0.3, 0.4) is 0 Å². The fourth-order valence-corrected chi connectivity index (χ4v) is 3.60. The Kier molecular flexibility index (Phi) is 5.80. The summed E-state index contributed by atoms with van der Waals surface area (Å²) in [6, 6.07) is 1.38. The van der Waals surface area contributed by atoms with Crippen molar-refractivity contribution in [2.24, 2.45) is 0 Å². The molecule has 2 N–H and O–H groups in total. The zero-order chi connectivity index (χ0) is 15.3. The quantitative estimate of drug-likeness (QED) is 0.746. The Labute approximate surface area is 130 Å². The van der Waals surface area contributed by atoms with Crippen molar-refractivity contribution in [2.75, 3.05) is 25.5 Å². The summed E-state index contributed by atoms with van der Waals surface area (Å²) in [7, 11) is -1.94. The standard InChI is InChI=1S/C13H20ClN3O3S/c1-15-13-12(14)8-11(9-16-13)21(18,19)17-6-7-20-10-4-2-3-5-10/h8-10,17H,2-7H2,1H3,(H,15,16). The van der Waals surface area contributed by atoms with Crippen LogP contribution in [0.15, 0.2) is 17.2 Å². The largest absolute Gasteiger partial charge is 0.377 e. The van der Waals surface area contributed by atoms with Crippen LogP contribution in [0.5, 0.6) is 0 Å². The van der Waals surface area contributed by atoms with Crippen LogP contribution in [0.25, 0.3) is 0 Å². The summed E-state index contributed by atoms with van der Waals surface area (Å²) in [5.74, 6) is 0.445. The predicted molar refractivity (Wildman–Crippen MR) is 82.2 cm³/mol. The van der Waals surface area contributed by atoms with Crippen LogP contribution < -0.4 is 10.0 Å². The maximum Gasteiger partial charge on any atom is 0.242 e. The number of halogens is 1. The first-order valence-corrected chi connectivity index (χ1v) is 8.83. The highest BCUT2D eigenvalue weighted by Crippen LogP contribution is 2.22. The second-order valence-electron chi connectivity index (χ2n) is 4.93. The second-order valence-corrected chi connectivity index (χ2v) is 7.10. The number of aromatic nitrogens is 1. The van der Waals surface area contributed by atoms with E-state index in [1.54, 1.807) is 7.05 Å². The Balaban J connectivity index is 1.87. The lowest BCUT2D eigenvalue weighted by Gasteiger charge is -2.12. The van der Waals surface area contributed by atoms with Gasteiger partial charge in [-0.2, -0.15) is 0 Å². The van der Waals surface area contributed by atoms with Crippen LogP contribution in [-0.4, -0.2) is 39.7 Å². The van der Waals surface area contributed by atoms with Gasteiger partial charge in [0.1, 0.15) is 10.7 Å². The van der Waals surface area contributed by atoms with Crippen molar-refractivity contribution in [1.82, 2.24) is 9.71 Å². The molecule has 0 aromatic carbocycles. The Morgan fingerprint density at radius 1 is 1.43 bits per heavy atom. The number of nitrogens with one attached hydrogen (secondary N) is 2. The lowest BCUT2D eigenvalue weighted by atomic mass is 10.3. The molecule has 118 valence electrons. The molecule has 1 heterocycles. The molecule has 1 aromatic heterocycles. The fraction of sp³-hybridized carbons (Fsp3) is 0.615. The van der Waals surface area contributed by atoms with Gasteiger partial charge >= 0.3 is 0 Å². The van der Waals surface area contributed by atoms with Crippen LogP contribution >= 0.6 is 11.6 Å². The third-order valence-corrected chi connectivity index (χ3v) is 5.13. The zero-order valence-electron chi connectivity index (χ0n) is 11.9. The van der Waals surface area contributed by atoms with Gasteiger partial charge in [0.05, 0.1) is 17.7 Å². The van der Waals surface area contributed by atoms with Crippen molar-refractivity contribution in [3.63, 3.8) is 0 Å². The summed E-state index contributed by atoms with van der Waals surface area (Å²) >= 11 is 5.94. The number of hydrogen-bond donors (Lipinski definition) is 2. The predicted octanol–water partition coefficient (Wildman–Crippen LogP) is 2.01. The van der Waals surface area contributed by atoms with Gasteiger partial charge in [-0.05, 0) is 18.9 Å². The second kappa shape index (κ2) is 7.40. The van der Waals surface area contributed by atoms with Gasteiger partial charge in [-0.25, -0.2) is 18.1 Å². The summed E-state index contributed by atoms with van der Waals surface area (Å²) in [5.41, 5.74) is 0. The topological polar surface area (TPSA) is 80.3 Å². The third-order valence-electron chi connectivity index (χ3n) is 3.41. The van der Waals surface area contributed by atoms with Gasteiger partial charge in [0.15, 0.2) is 0 Å². The van der Waals surface area contributed by atoms with E-state index < -0.39 is 10.0 Å². The molecule has 0 amide bonds. The molecule has 0 bridgehead atoms. The zero-order valence-corrected chi connectivity index (χ0v) is 13.5. The minimum absolute atomic E-state index is 0.0485. The molecule has 0 aliphatic heterocycles. The molecule has 1 fully saturated rings. The summed E-state index contributed by atoms with van der Waals surface area (Å²) in [4.78, 5) is 4.01. The number of anilines is 1. The van der Waals surface area contributed by atoms with Gasteiger partial charge in [-0.1, -0.05) is 24.4 Å². The minimum atomic E-state index is -3.61. The minimum Gasteiger partial charge on any atom is -0.377 e. The highest BCUT2D eigenvalue weighted by atomic mass is 35.5. The van der Waals surface area contributed by atoms with Gasteiger partial charge in [-0.15, -0.1) is 0 Å². The van der Waals surface area contributed by atoms with Gasteiger partial charge in [0, 0.05) is 19.8 Å². The molecule has 0 atom stereocenters. The average Bonchev–Trinajstić information content (AvgIpc) is 2.97. The summed E-state index contributed by atoms with van der Waals surface area (Å²) in [6.45, 7) is 0.615. The van der Waals surface area contributed by atoms with E-state index >= 15 is 0 Å². The SMILES string of the molecule is CNc1ncc(S(=O)(=O)NCCOC2CCCC2)cc1Cl. The number of sulfonamides is 1. The average molecular weight is 334 g/mol. The normalized spacial score (nSPS) is 16.3. The highest BCUT2D eigenvalue weighted by Gasteiger charge is 2.18. The van der Waals surface area contributed by atoms with Crippen molar-refractivity contribution in [3.05, 3.63) is 17.3 Å². The van der Waals surface area contributed by atoms with Crippen LogP contribution in [0.2, 0.25) is 5.02 Å². The number of ether oxygens (including phenoxy) is 1. The van der Waals surface area contributed by atoms with Gasteiger partial charge in [0.25, 0.3) is 0 Å². The molecule has 0 radical (unpaired) electrons. The number of rotatable bonds is 7. The van der Waals surface area contributed by atoms with E-state index in [0.29, 0.717) is 12.4 Å². The van der Waals surface area contributed by atoms with E-state index in [-0.39, 0.29) is 22.6 Å². The maximum absolute atomic E-state index is 12.1. The maximum atomic E-state index is 12.1. The van der Waals surface area contributed by atoms with E-state index in [1.165, 1.54) is 25.1 Å². The highest BCUT2D eigenvalue weighted by molar-refractivity contribution is 7.89. The molecule has 0 unspecified atom stereocenters. The lowest BCUT2D eigenvalue weighted by molar-refractivity contribution is 0.0626. The van der Waals surface area contributed by atoms with E-state index in [9.17, 15) is 8.42 Å². The molecule has 0 spiro atoms. The first kappa shape index (κ1) is 16.5. The molecule has 8 heteroatoms. The van der Waals surface area contributed by atoms with Crippen molar-refractivity contribution < 1.29 is 13.2 Å². The molecule has 1 saturated carbocycles. The van der Waals surface area contributed by atoms with Crippen LogP contribution in [0.1, 0.15) is 25.7 Å². The van der Waals surface area contributed by atoms with Crippen LogP contribution in [-0.2, 0) is 14.8 Å². The van der Waals surface area contributed by atoms with Gasteiger partial charge < -0.3 is 10.1 Å². The molecule has 0 saturated heterocycles. The molecule has 1 aliphatic carbocycles. The Morgan fingerprint density at radius 3 is 2.76 bits per heavy atom. The van der Waals surface area contributed by atoms with Crippen molar-refractivity contribution in [3.8, 4) is 0 Å². The van der Waals surface area contributed by atoms with E-state index in [4.69, 9.17) is 16.3 Å². The Morgan fingerprint density at radius 2 is 2.14 bits per heavy atom. The molecule has 6 nitrogen and oxygen atoms in total. The van der Waals surface area contributed by atoms with E-state index in [2.05, 4.69) is 15.0 Å². The molecular weight excluding hydrogens is 314 g/mol. The molecule has 1 aliphatic rings. The number of hydrogen-bond acceptors (Lipinski definition) is 5. The first-order chi connectivity index (χ1) is 10.0. The Hall–Kier alpha value is -0.890. The van der Waals surface area contributed by atoms with Crippen LogP contribution in [0.4, 0.5) is 5.82 Å². The van der Waals surface area contributed by atoms with Crippen LogP contribution in [0, 0.1) is 0 Å². The first-order valence-electron chi connectivity index (χ1n) is 6.97. The van der Waals surface area contributed by atoms with Crippen molar-refractivity contribution in [2.45, 2.75) is 36.7 Å². The fourth-order valence-electron chi connectivity index (χ4n) is 2.29. The molecule has 2 rings (SSSR count). The third kappa shape index (κ3) is 4.54. The van der Waals surface area contributed by atoms with E-state index in [1.807, 2.05) is 0 Å². The Bertz CT molecular complexity index is 574. The number of pyridine rings is 1. The summed E-state index contributed by atoms with van der Waals surface area (Å²) < 4.78 is 32.3. The van der Waals surface area contributed by atoms with Gasteiger partial charge in [0.2, 0.25) is 10.0 Å². The lowest BCUT2D eigenvalue weighted by Crippen LogP contribution is -2.28. The number of nitrogens with zero attached hydrogens (tertiary/aromatic N) is 1. The monoisotopic (exact) mass is 333 g/mol.